The molecule has 2 aromatic carbocycles. The third-order valence-electron chi connectivity index (χ3n) is 7.31. The fraction of sp³-hybridized carbons (Fsp3) is 0.520. The van der Waals surface area contributed by atoms with Crippen molar-refractivity contribution in [3.63, 3.8) is 0 Å². The molecule has 0 atom stereocenters. The quantitative estimate of drug-likeness (QED) is 0.555. The molecule has 2 aromatic rings. The van der Waals surface area contributed by atoms with Gasteiger partial charge in [-0.3, -0.25) is 4.90 Å². The van der Waals surface area contributed by atoms with E-state index < -0.39 is 23.5 Å². The number of hydrogen-bond acceptors (Lipinski definition) is 3. The Morgan fingerprint density at radius 3 is 1.97 bits per heavy atom. The molecule has 3 nitrogen and oxygen atoms in total. The molecule has 2 fully saturated rings. The van der Waals surface area contributed by atoms with Crippen molar-refractivity contribution >= 4 is 0 Å². The summed E-state index contributed by atoms with van der Waals surface area (Å²) in [4.78, 5) is 2.42. The predicted molar refractivity (Wildman–Crippen MR) is 117 cm³/mol. The molecule has 9 heteroatoms. The van der Waals surface area contributed by atoms with Crippen LogP contribution in [0.5, 0.6) is 0 Å². The van der Waals surface area contributed by atoms with Gasteiger partial charge in [0.05, 0.1) is 0 Å². The van der Waals surface area contributed by atoms with Crippen LogP contribution in [0.2, 0.25) is 0 Å². The van der Waals surface area contributed by atoms with Crippen LogP contribution in [-0.2, 0) is 18.6 Å². The molecule has 2 aliphatic rings. The van der Waals surface area contributed by atoms with Gasteiger partial charge in [0.25, 0.3) is 5.60 Å². The lowest BCUT2D eigenvalue weighted by Crippen LogP contribution is -2.58. The van der Waals surface area contributed by atoms with Crippen LogP contribution in [0.1, 0.15) is 36.5 Å². The zero-order valence-electron chi connectivity index (χ0n) is 18.9. The Bertz CT molecular complexity index is 988. The van der Waals surface area contributed by atoms with E-state index in [2.05, 4.69) is 16.3 Å². The Hall–Kier alpha value is -2.10. The maximum absolute atomic E-state index is 13.2. The molecule has 0 radical (unpaired) electrons. The number of likely N-dealkylation sites (tertiary alicyclic amines) is 1. The fourth-order valence-electron chi connectivity index (χ4n) is 4.97. The van der Waals surface area contributed by atoms with Gasteiger partial charge in [-0.2, -0.15) is 26.3 Å². The molecule has 0 unspecified atom stereocenters. The van der Waals surface area contributed by atoms with Gasteiger partial charge in [0.2, 0.25) is 0 Å². The van der Waals surface area contributed by atoms with E-state index in [1.165, 1.54) is 25.0 Å². The lowest BCUT2D eigenvalue weighted by molar-refractivity contribution is -0.376. The summed E-state index contributed by atoms with van der Waals surface area (Å²) in [7, 11) is 0. The summed E-state index contributed by atoms with van der Waals surface area (Å²) < 4.78 is 78.9. The van der Waals surface area contributed by atoms with Crippen molar-refractivity contribution in [2.45, 2.75) is 50.7 Å². The third-order valence-corrected chi connectivity index (χ3v) is 7.31. The first kappa shape index (κ1) is 25.0. The molecule has 2 aliphatic heterocycles. The Labute approximate surface area is 194 Å². The van der Waals surface area contributed by atoms with Gasteiger partial charge in [-0.25, -0.2) is 0 Å². The number of rotatable bonds is 5. The van der Waals surface area contributed by atoms with Crippen molar-refractivity contribution in [3.8, 4) is 11.1 Å². The largest absolute Gasteiger partial charge is 0.430 e. The van der Waals surface area contributed by atoms with Crippen molar-refractivity contribution in [1.82, 2.24) is 10.2 Å². The van der Waals surface area contributed by atoms with Crippen molar-refractivity contribution in [2.75, 3.05) is 26.2 Å². The van der Waals surface area contributed by atoms with E-state index in [-0.39, 0.29) is 0 Å². The molecule has 0 bridgehead atoms. The molecule has 2 N–H and O–H groups in total. The third kappa shape index (κ3) is 4.45. The van der Waals surface area contributed by atoms with E-state index in [1.54, 1.807) is 0 Å². The van der Waals surface area contributed by atoms with Gasteiger partial charge in [-0.1, -0.05) is 49.4 Å². The van der Waals surface area contributed by atoms with Gasteiger partial charge in [0.15, 0.2) is 0 Å². The van der Waals surface area contributed by atoms with Crippen LogP contribution in [0.15, 0.2) is 42.5 Å². The Morgan fingerprint density at radius 1 is 0.912 bits per heavy atom. The summed E-state index contributed by atoms with van der Waals surface area (Å²) in [5.74, 6) is 0. The molecule has 0 aliphatic carbocycles. The van der Waals surface area contributed by atoms with Gasteiger partial charge in [-0.05, 0) is 60.0 Å². The number of alkyl halides is 6. The van der Waals surface area contributed by atoms with Crippen molar-refractivity contribution < 1.29 is 31.4 Å². The van der Waals surface area contributed by atoms with E-state index in [1.807, 2.05) is 19.1 Å². The zero-order valence-corrected chi connectivity index (χ0v) is 18.9. The minimum absolute atomic E-state index is 0.464. The summed E-state index contributed by atoms with van der Waals surface area (Å²) in [6.07, 6.45) is -8.78. The number of nitrogens with one attached hydrogen (secondary N) is 1. The summed E-state index contributed by atoms with van der Waals surface area (Å²) in [5, 5.41) is 13.0. The Kier molecular flexibility index (Phi) is 6.50. The van der Waals surface area contributed by atoms with Gasteiger partial charge in [-0.15, -0.1) is 0 Å². The SMILES string of the molecule is CCc1cc(CN2CCC3(CC2)CNC3)ccc1-c1ccc(C(O)(C(F)(F)F)C(F)(F)F)cc1. The fourth-order valence-corrected chi connectivity index (χ4v) is 4.97. The van der Waals surface area contributed by atoms with Crippen LogP contribution in [-0.4, -0.2) is 48.5 Å². The summed E-state index contributed by atoms with van der Waals surface area (Å²) >= 11 is 0. The van der Waals surface area contributed by atoms with Crippen LogP contribution >= 0.6 is 0 Å². The standard InChI is InChI=1S/C25H28F6N2O/c1-2-18-13-17(14-33-11-9-22(10-12-33)15-32-16-22)3-8-21(18)19-4-6-20(7-5-19)23(34,24(26,27)28)25(29,30)31/h3-8,13,32,34H,2,9-12,14-16H2,1H3. The first-order chi connectivity index (χ1) is 15.9. The van der Waals surface area contributed by atoms with Crippen LogP contribution in [0.4, 0.5) is 26.3 Å². The topological polar surface area (TPSA) is 35.5 Å². The molecule has 0 aromatic heterocycles. The first-order valence-corrected chi connectivity index (χ1v) is 11.4. The highest BCUT2D eigenvalue weighted by Crippen LogP contribution is 2.50. The lowest BCUT2D eigenvalue weighted by atomic mass is 9.73. The Balaban J connectivity index is 1.53. The minimum atomic E-state index is -5.90. The first-order valence-electron chi connectivity index (χ1n) is 11.4. The summed E-state index contributed by atoms with van der Waals surface area (Å²) in [6, 6.07) is 9.67. The average molecular weight is 486 g/mol. The second-order valence-corrected chi connectivity index (χ2v) is 9.51. The smallest absolute Gasteiger partial charge is 0.369 e. The predicted octanol–water partition coefficient (Wildman–Crippen LogP) is 5.41. The molecule has 2 heterocycles. The molecular formula is C25H28F6N2O. The van der Waals surface area contributed by atoms with Crippen LogP contribution in [0.3, 0.4) is 0 Å². The normalized spacial score (nSPS) is 19.3. The van der Waals surface area contributed by atoms with Crippen molar-refractivity contribution in [1.29, 1.82) is 0 Å². The highest BCUT2D eigenvalue weighted by atomic mass is 19.4. The number of aryl methyl sites for hydroxylation is 1. The average Bonchev–Trinajstić information content (AvgIpc) is 2.76. The molecule has 2 saturated heterocycles. The van der Waals surface area contributed by atoms with Gasteiger partial charge in [0.1, 0.15) is 0 Å². The summed E-state index contributed by atoms with van der Waals surface area (Å²) in [5.41, 5.74) is -2.37. The molecule has 0 amide bonds. The maximum Gasteiger partial charge on any atom is 0.430 e. The van der Waals surface area contributed by atoms with E-state index in [0.717, 1.165) is 49.4 Å². The highest BCUT2D eigenvalue weighted by Gasteiger charge is 2.71. The highest BCUT2D eigenvalue weighted by molar-refractivity contribution is 5.68. The maximum atomic E-state index is 13.2. The lowest BCUT2D eigenvalue weighted by Gasteiger charge is -2.48. The van der Waals surface area contributed by atoms with E-state index in [0.29, 0.717) is 29.5 Å². The van der Waals surface area contributed by atoms with Crippen LogP contribution in [0.25, 0.3) is 11.1 Å². The molecule has 34 heavy (non-hydrogen) atoms. The van der Waals surface area contributed by atoms with Crippen LogP contribution < -0.4 is 5.32 Å². The molecule has 186 valence electrons. The Morgan fingerprint density at radius 2 is 1.50 bits per heavy atom. The molecule has 4 rings (SSSR count). The number of aliphatic hydroxyl groups is 1. The van der Waals surface area contributed by atoms with E-state index >= 15 is 0 Å². The summed E-state index contributed by atoms with van der Waals surface area (Å²) in [6.45, 7) is 7.02. The van der Waals surface area contributed by atoms with Crippen molar-refractivity contribution in [3.05, 3.63) is 59.2 Å². The second kappa shape index (κ2) is 8.84. The minimum Gasteiger partial charge on any atom is -0.369 e. The molecular weight excluding hydrogens is 458 g/mol. The number of nitrogens with zero attached hydrogens (tertiary/aromatic N) is 1. The second-order valence-electron chi connectivity index (χ2n) is 9.51. The van der Waals surface area contributed by atoms with Gasteiger partial charge >= 0.3 is 12.4 Å². The molecule has 1 spiro atoms. The van der Waals surface area contributed by atoms with E-state index in [9.17, 15) is 31.4 Å². The monoisotopic (exact) mass is 486 g/mol. The zero-order chi connectivity index (χ0) is 24.8. The molecule has 0 saturated carbocycles. The number of piperidine rings is 1. The number of halogens is 6. The number of benzene rings is 2. The van der Waals surface area contributed by atoms with Crippen molar-refractivity contribution in [2.24, 2.45) is 5.41 Å². The van der Waals surface area contributed by atoms with E-state index in [4.69, 9.17) is 0 Å². The van der Waals surface area contributed by atoms with Crippen LogP contribution in [0, 0.1) is 5.41 Å². The number of hydrogen-bond donors (Lipinski definition) is 2. The van der Waals surface area contributed by atoms with Gasteiger partial charge in [0, 0.05) is 25.2 Å². The van der Waals surface area contributed by atoms with Gasteiger partial charge < -0.3 is 10.4 Å².